The number of aliphatic hydroxyl groups excluding tert-OH is 1. The number of nitrogens with zero attached hydrogens (tertiary/aromatic N) is 1. The van der Waals surface area contributed by atoms with Crippen molar-refractivity contribution in [3.63, 3.8) is 0 Å². The molecule has 2 aromatic rings. The number of amides is 1. The molecule has 28 heteroatoms. The summed E-state index contributed by atoms with van der Waals surface area (Å²) >= 11 is 0. The van der Waals surface area contributed by atoms with Crippen LogP contribution in [0.15, 0.2) is 60.7 Å². The Labute approximate surface area is 656 Å². The third-order valence-electron chi connectivity index (χ3n) is 8.15. The van der Waals surface area contributed by atoms with Gasteiger partial charge in [-0.15, -0.1) is 0 Å². The summed E-state index contributed by atoms with van der Waals surface area (Å²) in [5.41, 5.74) is 34.4. The van der Waals surface area contributed by atoms with E-state index in [0.29, 0.717) is 0 Å². The van der Waals surface area contributed by atoms with Crippen molar-refractivity contribution in [2.45, 2.75) is 256 Å². The number of nitrogens with two attached hydrogens (primary N) is 7. The smallest absolute Gasteiger partial charge is 0.219 e. The second-order valence-electron chi connectivity index (χ2n) is 17.1. The molecule has 1 aliphatic rings. The molecule has 0 unspecified atom stereocenters. The molecule has 0 radical (unpaired) electrons. The van der Waals surface area contributed by atoms with E-state index in [-0.39, 0.29) is 51.2 Å². The van der Waals surface area contributed by atoms with Crippen molar-refractivity contribution >= 4 is 87.4 Å². The molecule has 28 nitrogen and oxygen atoms in total. The van der Waals surface area contributed by atoms with E-state index in [1.165, 1.54) is 105 Å². The molecule has 1 amide bonds. The number of ether oxygens (including phenoxy) is 1. The molecule has 1 saturated heterocycles. The molecule has 2 aromatic carbocycles. The number of carbonyl (C=O) groups is 13. The number of carbonyl (C=O) groups excluding carboxylic acids is 13. The van der Waals surface area contributed by atoms with Crippen LogP contribution in [-0.4, -0.2) is 178 Å². The van der Waals surface area contributed by atoms with Crippen LogP contribution >= 0.6 is 0 Å². The fourth-order valence-electron chi connectivity index (χ4n) is 3.07. The lowest BCUT2D eigenvalue weighted by Gasteiger charge is -2.24. The summed E-state index contributed by atoms with van der Waals surface area (Å²) in [4.78, 5) is 109. The van der Waals surface area contributed by atoms with Crippen LogP contribution < -0.4 is 70.9 Å². The average molecular weight is 1550 g/mol. The van der Waals surface area contributed by atoms with Gasteiger partial charge in [0.1, 0.15) is 81.5 Å². The number of benzene rings is 2. The molecule has 662 valence electrons. The zero-order valence-electron chi connectivity index (χ0n) is 75.8. The minimum Gasteiger partial charge on any atom is -0.394 e. The van der Waals surface area contributed by atoms with E-state index >= 15 is 0 Å². The first kappa shape index (κ1) is 218. The molecule has 105 heavy (non-hydrogen) atoms. The molecule has 1 aliphatic heterocycles. The molecule has 0 atom stereocenters. The van der Waals surface area contributed by atoms with E-state index in [4.69, 9.17) is 67.4 Å². The van der Waals surface area contributed by atoms with Crippen molar-refractivity contribution in [3.8, 4) is 0 Å². The molecule has 1 fully saturated rings. The summed E-state index contributed by atoms with van der Waals surface area (Å²) in [5, 5.41) is 8.06. The molecule has 0 spiro atoms. The van der Waals surface area contributed by atoms with Gasteiger partial charge in [-0.3, -0.25) is 4.79 Å². The largest absolute Gasteiger partial charge is 0.394 e. The van der Waals surface area contributed by atoms with Gasteiger partial charge in [0, 0.05) is 35.6 Å². The van der Waals surface area contributed by atoms with Gasteiger partial charge in [-0.25, -0.2) is 0 Å². The van der Waals surface area contributed by atoms with Gasteiger partial charge in [-0.1, -0.05) is 225 Å². The van der Waals surface area contributed by atoms with Crippen molar-refractivity contribution < 1.29 is 75.0 Å². The van der Waals surface area contributed by atoms with Gasteiger partial charge in [-0.2, -0.15) is 0 Å². The third kappa shape index (κ3) is 634. The molecule has 30 N–H and O–H groups in total. The SMILES string of the molecule is C=O.C=O.C=O.C=O.C=O.C=O.C=O.C=O.C=O.C=O.C=O.C=O.CC.CC.CC.CC(=O)N1CCCCC1.CC(C)O.CCC(C)C.CCC(C)C.CCC(C)C.CCC(C)C.CCOC(C)(C)C.CCc1ccccc1.CCc1ccccc1.CN.CN.CN.CN.CN.CN.CN.N.N.N.N.N.[HH].[HH]. The van der Waals surface area contributed by atoms with Crippen molar-refractivity contribution in [1.29, 1.82) is 0 Å². The molecule has 3 rings (SSSR count). The van der Waals surface area contributed by atoms with E-state index in [1.807, 2.05) is 147 Å². The standard InChI is InChI=1S/2C8H10.C7H13NO.C6H14O.4C5H12.C3H8O.3C2H6.7CH5N.12CH2O.5H3N.2H2/c2*1-2-8-6-4-3-5-7-8;1-7(9)8-5-3-2-4-6-8;1-5-7-6(2,3)4;4*1-4-5(2)3;1-3(2)4;22*1-2;;;;;;;/h2*3-7H,2H2,1H3;2-6H2,1H3;5H2,1-4H3;4*5H,4H2,1-3H3;3-4H,1-2H3;3*1-2H3;7*2H2,1H3;12*1H2;5*1H3;2*1H. The normalized spacial score (nSPS) is 7.10. The summed E-state index contributed by atoms with van der Waals surface area (Å²) in [5.74, 6) is 3.77. The van der Waals surface area contributed by atoms with Gasteiger partial charge in [0.05, 0.1) is 5.60 Å². The molecule has 0 aromatic heterocycles. The van der Waals surface area contributed by atoms with Gasteiger partial charge in [0.15, 0.2) is 0 Å². The fraction of sp³-hybridized carbons (Fsp3) is 0.675. The zero-order valence-corrected chi connectivity index (χ0v) is 75.8. The van der Waals surface area contributed by atoms with Gasteiger partial charge < -0.3 is 143 Å². The highest BCUT2D eigenvalue weighted by molar-refractivity contribution is 5.73. The predicted molar refractivity (Wildman–Crippen MR) is 477 cm³/mol. The Balaban J connectivity index is -0.0000000155. The van der Waals surface area contributed by atoms with Crippen LogP contribution in [-0.2, 0) is 79.9 Å². The highest BCUT2D eigenvalue weighted by Crippen LogP contribution is 2.08. The van der Waals surface area contributed by atoms with E-state index < -0.39 is 0 Å². The summed E-state index contributed by atoms with van der Waals surface area (Å²) in [6.45, 7) is 82.9. The molecule has 1 heterocycles. The zero-order chi connectivity index (χ0) is 89.0. The first-order valence-corrected chi connectivity index (χ1v) is 33.2. The second-order valence-corrected chi connectivity index (χ2v) is 17.1. The Bertz CT molecular complexity index is 1130. The minimum absolute atomic E-state index is 0. The van der Waals surface area contributed by atoms with Gasteiger partial charge in [-0.05, 0) is 158 Å². The Kier molecular flexibility index (Phi) is 771. The van der Waals surface area contributed by atoms with Gasteiger partial charge >= 0.3 is 0 Å². The number of hydrogen-bond acceptors (Lipinski definition) is 27. The van der Waals surface area contributed by atoms with Crippen LogP contribution in [0.5, 0.6) is 0 Å². The maximum atomic E-state index is 10.7. The maximum absolute atomic E-state index is 10.7. The number of aliphatic hydroxyl groups is 1. The highest BCUT2D eigenvalue weighted by Gasteiger charge is 2.11. The van der Waals surface area contributed by atoms with Crippen molar-refractivity contribution in [3.05, 3.63) is 71.8 Å². The van der Waals surface area contributed by atoms with Gasteiger partial charge in [0.2, 0.25) is 5.91 Å². The molecule has 0 saturated carbocycles. The number of rotatable bonds is 7. The van der Waals surface area contributed by atoms with Crippen LogP contribution in [0.4, 0.5) is 0 Å². The Morgan fingerprint density at radius 3 is 0.562 bits per heavy atom. The Morgan fingerprint density at radius 1 is 0.371 bits per heavy atom. The summed E-state index contributed by atoms with van der Waals surface area (Å²) in [6, 6.07) is 20.9. The lowest BCUT2D eigenvalue weighted by Crippen LogP contribution is -2.33. The molecule has 0 bridgehead atoms. The Hall–Kier alpha value is -6.61. The van der Waals surface area contributed by atoms with E-state index in [9.17, 15) is 4.79 Å². The van der Waals surface area contributed by atoms with E-state index in [2.05, 4.69) is 206 Å². The summed E-state index contributed by atoms with van der Waals surface area (Å²) in [7, 11) is 10.5. The van der Waals surface area contributed by atoms with Crippen LogP contribution in [0.2, 0.25) is 0 Å². The van der Waals surface area contributed by atoms with Crippen LogP contribution in [0.25, 0.3) is 0 Å². The minimum atomic E-state index is -0.167. The van der Waals surface area contributed by atoms with Crippen LogP contribution in [0.3, 0.4) is 0 Å². The highest BCUT2D eigenvalue weighted by atomic mass is 16.5. The predicted octanol–water partition coefficient (Wildman–Crippen LogP) is 15.1. The Morgan fingerprint density at radius 2 is 0.505 bits per heavy atom. The van der Waals surface area contributed by atoms with E-state index in [1.54, 1.807) is 20.8 Å². The van der Waals surface area contributed by atoms with Crippen molar-refractivity contribution in [2.75, 3.05) is 69.0 Å². The average Bonchev–Trinajstić information content (AvgIpc) is 1.26. The lowest BCUT2D eigenvalue weighted by atomic mass is 10.1. The molecular weight excluding hydrogens is 1350 g/mol. The topological polar surface area (TPSA) is 612 Å². The van der Waals surface area contributed by atoms with Crippen LogP contribution in [0, 0.1) is 23.7 Å². The first-order valence-electron chi connectivity index (χ1n) is 33.2. The third-order valence-corrected chi connectivity index (χ3v) is 8.15. The summed E-state index contributed by atoms with van der Waals surface area (Å²) in [6.07, 6.45) is 11.0. The van der Waals surface area contributed by atoms with E-state index in [0.717, 1.165) is 56.2 Å². The lowest BCUT2D eigenvalue weighted by molar-refractivity contribution is -0.129. The second kappa shape index (κ2) is 371. The maximum Gasteiger partial charge on any atom is 0.219 e. The van der Waals surface area contributed by atoms with Crippen LogP contribution in [0.1, 0.15) is 246 Å². The monoisotopic (exact) mass is 1550 g/mol. The van der Waals surface area contributed by atoms with Crippen molar-refractivity contribution in [2.24, 2.45) is 63.8 Å². The molecular formula is C77H199N13O15. The number of hydrogen-bond donors (Lipinski definition) is 13. The van der Waals surface area contributed by atoms with Crippen molar-refractivity contribution in [1.82, 2.24) is 35.7 Å². The number of aryl methyl sites for hydroxylation is 2. The number of likely N-dealkylation sites (tertiary alicyclic amines) is 1. The summed E-state index contributed by atoms with van der Waals surface area (Å²) < 4.78 is 5.23. The molecule has 0 aliphatic carbocycles. The fourth-order valence-corrected chi connectivity index (χ4v) is 3.07. The van der Waals surface area contributed by atoms with Gasteiger partial charge in [0.25, 0.3) is 0 Å². The number of piperidine rings is 1. The first-order chi connectivity index (χ1) is 48.0. The quantitative estimate of drug-likeness (QED) is 0.122.